The largest absolute Gasteiger partial charge is 0.452 e. The third-order valence-electron chi connectivity index (χ3n) is 1.66. The molecular weight excluding hydrogens is 224 g/mol. The molecule has 0 unspecified atom stereocenters. The Kier molecular flexibility index (Phi) is 8.08. The molecule has 3 rings (SSSR count). The van der Waals surface area contributed by atoms with E-state index in [4.69, 9.17) is 0 Å². The Morgan fingerprint density at radius 1 is 1.19 bits per heavy atom. The second-order valence-corrected chi connectivity index (χ2v) is 4.14. The molecule has 1 saturated heterocycles. The minimum Gasteiger partial charge on any atom is -0.452 e. The van der Waals surface area contributed by atoms with E-state index in [9.17, 15) is 0 Å². The van der Waals surface area contributed by atoms with E-state index >= 15 is 0 Å². The molecule has 0 amide bonds. The van der Waals surface area contributed by atoms with Crippen molar-refractivity contribution in [3.05, 3.63) is 43.5 Å². The monoisotopic (exact) mass is 240 g/mol. The fraction of sp³-hybridized carbons (Fsp3) is 0.364. The van der Waals surface area contributed by atoms with Crippen LogP contribution in [0.4, 0.5) is 0 Å². The van der Waals surface area contributed by atoms with Crippen LogP contribution >= 0.6 is 11.8 Å². The van der Waals surface area contributed by atoms with Gasteiger partial charge in [0.2, 0.25) is 0 Å². The molecule has 0 aromatic carbocycles. The number of rotatable bonds is 0. The van der Waals surface area contributed by atoms with E-state index in [0.29, 0.717) is 0 Å². The summed E-state index contributed by atoms with van der Waals surface area (Å²) in [5.74, 6) is 2.83. The first-order valence-electron chi connectivity index (χ1n) is 5.13. The predicted octanol–water partition coefficient (Wildman–Crippen LogP) is 2.74. The summed E-state index contributed by atoms with van der Waals surface area (Å²) in [5.41, 5.74) is 2.52. The number of hydroxylamine groups is 1. The maximum Gasteiger partial charge on any atom is 0.180 e. The van der Waals surface area contributed by atoms with Crippen molar-refractivity contribution in [2.45, 2.75) is 12.8 Å². The van der Waals surface area contributed by atoms with Crippen LogP contribution in [-0.2, 0) is 4.84 Å². The van der Waals surface area contributed by atoms with Crippen LogP contribution in [0, 0.1) is 0 Å². The van der Waals surface area contributed by atoms with E-state index < -0.39 is 0 Å². The maximum absolute atomic E-state index is 4.55. The van der Waals surface area contributed by atoms with E-state index in [1.54, 1.807) is 24.7 Å². The Morgan fingerprint density at radius 2 is 2.06 bits per heavy atom. The van der Waals surface area contributed by atoms with Gasteiger partial charge in [-0.15, -0.1) is 0 Å². The van der Waals surface area contributed by atoms with Gasteiger partial charge in [0.15, 0.2) is 6.39 Å². The summed E-state index contributed by atoms with van der Waals surface area (Å²) in [4.78, 5) is 8.11. The SMILES string of the molecule is C1=CNOC=C1.C1CCSC1.c1cocn1. The van der Waals surface area contributed by atoms with Crippen molar-refractivity contribution in [2.75, 3.05) is 11.5 Å². The van der Waals surface area contributed by atoms with Crippen LogP contribution in [-0.4, -0.2) is 16.5 Å². The van der Waals surface area contributed by atoms with Gasteiger partial charge in [-0.1, -0.05) is 0 Å². The first-order chi connectivity index (χ1) is 8.00. The van der Waals surface area contributed by atoms with Crippen LogP contribution in [0.3, 0.4) is 0 Å². The molecule has 88 valence electrons. The van der Waals surface area contributed by atoms with Crippen molar-refractivity contribution >= 4 is 11.8 Å². The second-order valence-electron chi connectivity index (χ2n) is 2.92. The van der Waals surface area contributed by atoms with Crippen LogP contribution in [0.5, 0.6) is 0 Å². The number of aromatic nitrogens is 1. The molecule has 1 fully saturated rings. The first-order valence-corrected chi connectivity index (χ1v) is 6.28. The van der Waals surface area contributed by atoms with E-state index in [-0.39, 0.29) is 0 Å². The van der Waals surface area contributed by atoms with E-state index in [0.717, 1.165) is 0 Å². The Hall–Kier alpha value is -1.36. The number of allylic oxidation sites excluding steroid dienone is 2. The Balaban J connectivity index is 0.000000121. The van der Waals surface area contributed by atoms with Gasteiger partial charge in [-0.3, -0.25) is 0 Å². The maximum atomic E-state index is 4.55. The lowest BCUT2D eigenvalue weighted by Crippen LogP contribution is -2.01. The molecule has 0 aliphatic carbocycles. The van der Waals surface area contributed by atoms with Crippen molar-refractivity contribution in [3.63, 3.8) is 0 Å². The Morgan fingerprint density at radius 3 is 2.25 bits per heavy atom. The summed E-state index contributed by atoms with van der Waals surface area (Å²) in [6, 6.07) is 0. The molecule has 0 spiro atoms. The summed E-state index contributed by atoms with van der Waals surface area (Å²) in [6.45, 7) is 0. The van der Waals surface area contributed by atoms with Crippen molar-refractivity contribution in [3.8, 4) is 0 Å². The molecule has 0 radical (unpaired) electrons. The lowest BCUT2D eigenvalue weighted by Gasteiger charge is -1.97. The molecule has 2 aliphatic rings. The zero-order valence-corrected chi connectivity index (χ0v) is 9.86. The van der Waals surface area contributed by atoms with Gasteiger partial charge in [-0.25, -0.2) is 10.5 Å². The topological polar surface area (TPSA) is 47.3 Å². The van der Waals surface area contributed by atoms with Crippen LogP contribution in [0.1, 0.15) is 12.8 Å². The van der Waals surface area contributed by atoms with Gasteiger partial charge in [-0.2, -0.15) is 11.8 Å². The highest BCUT2D eigenvalue weighted by Crippen LogP contribution is 2.14. The molecule has 5 heteroatoms. The summed E-state index contributed by atoms with van der Waals surface area (Å²) >= 11 is 2.07. The molecular formula is C11H16N2O2S. The molecule has 0 bridgehead atoms. The third-order valence-corrected chi connectivity index (χ3v) is 2.82. The van der Waals surface area contributed by atoms with Crippen molar-refractivity contribution in [1.29, 1.82) is 0 Å². The van der Waals surface area contributed by atoms with Crippen LogP contribution < -0.4 is 5.48 Å². The van der Waals surface area contributed by atoms with Crippen molar-refractivity contribution in [1.82, 2.24) is 10.5 Å². The molecule has 2 aliphatic heterocycles. The molecule has 0 atom stereocenters. The van der Waals surface area contributed by atoms with Crippen LogP contribution in [0.2, 0.25) is 0 Å². The zero-order chi connectivity index (χ0) is 11.3. The van der Waals surface area contributed by atoms with Gasteiger partial charge >= 0.3 is 0 Å². The predicted molar refractivity (Wildman–Crippen MR) is 65.6 cm³/mol. The fourth-order valence-corrected chi connectivity index (χ4v) is 1.96. The van der Waals surface area contributed by atoms with Gasteiger partial charge in [0.1, 0.15) is 12.5 Å². The fourth-order valence-electron chi connectivity index (χ4n) is 0.944. The number of hydrogen-bond donors (Lipinski definition) is 1. The molecule has 1 N–H and O–H groups in total. The summed E-state index contributed by atoms with van der Waals surface area (Å²) in [7, 11) is 0. The standard InChI is InChI=1S/C4H5NO.C4H8S.C3H3NO/c1-2-4-6-5-3-1;1-2-4-5-3-1;1-2-5-3-4-1/h1-5H;1-4H2;1-3H. The summed E-state index contributed by atoms with van der Waals surface area (Å²) in [5, 5.41) is 0. The Labute approximate surface area is 99.7 Å². The smallest absolute Gasteiger partial charge is 0.180 e. The number of oxazole rings is 1. The van der Waals surface area contributed by atoms with Gasteiger partial charge in [0, 0.05) is 6.20 Å². The van der Waals surface area contributed by atoms with E-state index in [1.807, 2.05) is 6.08 Å². The average Bonchev–Trinajstić information content (AvgIpc) is 3.10. The molecule has 1 aromatic rings. The second kappa shape index (κ2) is 10.2. The molecule has 16 heavy (non-hydrogen) atoms. The van der Waals surface area contributed by atoms with Gasteiger partial charge in [0.05, 0.1) is 6.20 Å². The molecule has 3 heterocycles. The van der Waals surface area contributed by atoms with Crippen molar-refractivity contribution in [2.24, 2.45) is 0 Å². The Bertz CT molecular complexity index is 245. The zero-order valence-electron chi connectivity index (χ0n) is 9.04. The van der Waals surface area contributed by atoms with Crippen LogP contribution in [0.15, 0.2) is 47.9 Å². The van der Waals surface area contributed by atoms with Crippen LogP contribution in [0.25, 0.3) is 0 Å². The average molecular weight is 240 g/mol. The minimum absolute atomic E-state index is 1.38. The highest BCUT2D eigenvalue weighted by Gasteiger charge is 1.95. The first kappa shape index (κ1) is 12.7. The van der Waals surface area contributed by atoms with Gasteiger partial charge in [0.25, 0.3) is 0 Å². The highest BCUT2D eigenvalue weighted by molar-refractivity contribution is 7.99. The lowest BCUT2D eigenvalue weighted by atomic mass is 10.4. The number of nitrogens with one attached hydrogen (secondary N) is 1. The number of hydrogen-bond acceptors (Lipinski definition) is 5. The van der Waals surface area contributed by atoms with Gasteiger partial charge < -0.3 is 9.25 Å². The summed E-state index contributed by atoms with van der Waals surface area (Å²) < 4.78 is 4.47. The third kappa shape index (κ3) is 7.99. The number of thioether (sulfide) groups is 1. The number of nitrogens with zero attached hydrogens (tertiary/aromatic N) is 1. The quantitative estimate of drug-likeness (QED) is 0.755. The highest BCUT2D eigenvalue weighted by atomic mass is 32.2. The van der Waals surface area contributed by atoms with Gasteiger partial charge in [-0.05, 0) is 36.5 Å². The molecule has 4 nitrogen and oxygen atoms in total. The molecule has 0 saturated carbocycles. The van der Waals surface area contributed by atoms with E-state index in [1.165, 1.54) is 37.0 Å². The lowest BCUT2D eigenvalue weighted by molar-refractivity contribution is 0.172. The minimum atomic E-state index is 1.38. The van der Waals surface area contributed by atoms with Crippen molar-refractivity contribution < 1.29 is 9.25 Å². The normalized spacial score (nSPS) is 16.0. The molecule has 1 aromatic heterocycles. The summed E-state index contributed by atoms with van der Waals surface area (Å²) in [6.07, 6.45) is 14.3. The van der Waals surface area contributed by atoms with E-state index in [2.05, 4.69) is 31.5 Å².